The van der Waals surface area contributed by atoms with Crippen molar-refractivity contribution in [3.05, 3.63) is 0 Å². The van der Waals surface area contributed by atoms with E-state index in [1.807, 2.05) is 0 Å². The van der Waals surface area contributed by atoms with E-state index >= 15 is 0 Å². The highest BCUT2D eigenvalue weighted by Gasteiger charge is 2.47. The van der Waals surface area contributed by atoms with Gasteiger partial charge in [-0.2, -0.15) is 0 Å². The highest BCUT2D eigenvalue weighted by Crippen LogP contribution is 2.24. The Morgan fingerprint density at radius 2 is 1.35 bits per heavy atom. The summed E-state index contributed by atoms with van der Waals surface area (Å²) in [6.07, 6.45) is 1.26. The Balaban J connectivity index is 3.00. The zero-order valence-electron chi connectivity index (χ0n) is 12.3. The normalized spacial score (nSPS) is 24.8. The van der Waals surface area contributed by atoms with Crippen LogP contribution in [0.4, 0.5) is 4.79 Å². The molecule has 2 unspecified atom stereocenters. The number of amides is 1. The van der Waals surface area contributed by atoms with Gasteiger partial charge in [-0.1, -0.05) is 0 Å². The average Bonchev–Trinajstić information content (AvgIpc) is 2.56. The van der Waals surface area contributed by atoms with Gasteiger partial charge in [-0.3, -0.25) is 0 Å². The molecule has 118 valence electrons. The van der Waals surface area contributed by atoms with Crippen LogP contribution in [-0.4, -0.2) is 69.5 Å². The molecule has 0 radical (unpaired) electrons. The largest absolute Gasteiger partial charge is 0.444 e. The predicted octanol–water partition coefficient (Wildman–Crippen LogP) is 0.0635. The van der Waals surface area contributed by atoms with Crippen LogP contribution in [0, 0.1) is 0 Å². The van der Waals surface area contributed by atoms with Crippen LogP contribution in [0.2, 0.25) is 0 Å². The minimum Gasteiger partial charge on any atom is -0.444 e. The summed E-state index contributed by atoms with van der Waals surface area (Å²) in [5.74, 6) is 0. The zero-order chi connectivity index (χ0) is 15.9. The van der Waals surface area contributed by atoms with Gasteiger partial charge in [0.05, 0.1) is 10.5 Å². The second-order valence-electron chi connectivity index (χ2n) is 6.12. The van der Waals surface area contributed by atoms with E-state index in [1.165, 1.54) is 0 Å². The molecular weight excluding hydrogens is 306 g/mol. The molecule has 1 aliphatic heterocycles. The fraction of sp³-hybridized carbons (Fsp3) is 0.909. The van der Waals surface area contributed by atoms with Crippen LogP contribution in [0.5, 0.6) is 0 Å². The van der Waals surface area contributed by atoms with Gasteiger partial charge in [0.15, 0.2) is 19.7 Å². The first kappa shape index (κ1) is 17.2. The summed E-state index contributed by atoms with van der Waals surface area (Å²) >= 11 is 0. The number of carbonyl (C=O) groups excluding carboxylic acids is 1. The first-order chi connectivity index (χ1) is 8.72. The van der Waals surface area contributed by atoms with Crippen LogP contribution >= 0.6 is 0 Å². The second kappa shape index (κ2) is 5.18. The molecule has 0 saturated carbocycles. The number of likely N-dealkylation sites (tertiary alicyclic amines) is 1. The first-order valence-corrected chi connectivity index (χ1v) is 9.98. The quantitative estimate of drug-likeness (QED) is 0.711. The van der Waals surface area contributed by atoms with E-state index < -0.39 is 41.9 Å². The van der Waals surface area contributed by atoms with Crippen molar-refractivity contribution in [1.29, 1.82) is 0 Å². The van der Waals surface area contributed by atoms with Crippen molar-refractivity contribution in [1.82, 2.24) is 4.90 Å². The van der Waals surface area contributed by atoms with Crippen molar-refractivity contribution in [3.8, 4) is 0 Å². The highest BCUT2D eigenvalue weighted by atomic mass is 32.2. The standard InChI is InChI=1S/C11H21NO6S2/c1-11(2,3)18-10(13)12-6-8(19(4,14)15)9(7-12)20(5,16)17/h8-9H,6-7H2,1-5H3. The average molecular weight is 327 g/mol. The third kappa shape index (κ3) is 4.34. The zero-order valence-corrected chi connectivity index (χ0v) is 13.9. The van der Waals surface area contributed by atoms with Crippen LogP contribution in [0.15, 0.2) is 0 Å². The summed E-state index contributed by atoms with van der Waals surface area (Å²) in [6, 6.07) is 0. The van der Waals surface area contributed by atoms with E-state index in [1.54, 1.807) is 20.8 Å². The van der Waals surface area contributed by atoms with Gasteiger partial charge in [0, 0.05) is 25.6 Å². The molecule has 1 aliphatic rings. The van der Waals surface area contributed by atoms with Crippen molar-refractivity contribution in [2.75, 3.05) is 25.6 Å². The van der Waals surface area contributed by atoms with Gasteiger partial charge in [-0.15, -0.1) is 0 Å². The number of hydrogen-bond donors (Lipinski definition) is 0. The maximum atomic E-state index is 11.9. The van der Waals surface area contributed by atoms with E-state index in [9.17, 15) is 21.6 Å². The van der Waals surface area contributed by atoms with Crippen molar-refractivity contribution in [2.45, 2.75) is 36.9 Å². The Morgan fingerprint density at radius 1 is 1.00 bits per heavy atom. The Kier molecular flexibility index (Phi) is 4.46. The molecule has 0 aromatic heterocycles. The summed E-state index contributed by atoms with van der Waals surface area (Å²) in [6.45, 7) is 4.73. The molecule has 9 heteroatoms. The molecule has 7 nitrogen and oxygen atoms in total. The summed E-state index contributed by atoms with van der Waals surface area (Å²) < 4.78 is 51.9. The number of nitrogens with zero attached hydrogens (tertiary/aromatic N) is 1. The van der Waals surface area contributed by atoms with Crippen LogP contribution in [0.25, 0.3) is 0 Å². The van der Waals surface area contributed by atoms with Gasteiger partial charge in [-0.05, 0) is 20.8 Å². The minimum absolute atomic E-state index is 0.161. The number of ether oxygens (including phenoxy) is 1. The van der Waals surface area contributed by atoms with Crippen molar-refractivity contribution in [2.24, 2.45) is 0 Å². The van der Waals surface area contributed by atoms with E-state index in [0.29, 0.717) is 0 Å². The number of sulfone groups is 2. The van der Waals surface area contributed by atoms with Crippen LogP contribution < -0.4 is 0 Å². The Hall–Kier alpha value is -0.830. The van der Waals surface area contributed by atoms with Crippen molar-refractivity contribution in [3.63, 3.8) is 0 Å². The van der Waals surface area contributed by atoms with Crippen LogP contribution in [0.1, 0.15) is 20.8 Å². The lowest BCUT2D eigenvalue weighted by atomic mass is 10.2. The van der Waals surface area contributed by atoms with E-state index in [0.717, 1.165) is 17.4 Å². The minimum atomic E-state index is -3.57. The molecule has 0 aliphatic carbocycles. The summed E-state index contributed by atoms with van der Waals surface area (Å²) in [5.41, 5.74) is -0.721. The number of carbonyl (C=O) groups is 1. The fourth-order valence-corrected chi connectivity index (χ4v) is 5.43. The molecule has 1 fully saturated rings. The number of rotatable bonds is 2. The third-order valence-electron chi connectivity index (χ3n) is 2.97. The van der Waals surface area contributed by atoms with Gasteiger partial charge >= 0.3 is 6.09 Å². The molecular formula is C11H21NO6S2. The van der Waals surface area contributed by atoms with Gasteiger partial charge in [-0.25, -0.2) is 21.6 Å². The lowest BCUT2D eigenvalue weighted by molar-refractivity contribution is 0.0296. The molecule has 20 heavy (non-hydrogen) atoms. The van der Waals surface area contributed by atoms with Crippen molar-refractivity contribution >= 4 is 25.8 Å². The molecule has 1 amide bonds. The molecule has 0 spiro atoms. The molecule has 1 saturated heterocycles. The van der Waals surface area contributed by atoms with E-state index in [4.69, 9.17) is 4.74 Å². The second-order valence-corrected chi connectivity index (χ2v) is 10.7. The topological polar surface area (TPSA) is 97.8 Å². The predicted molar refractivity (Wildman–Crippen MR) is 75.1 cm³/mol. The van der Waals surface area contributed by atoms with Crippen LogP contribution in [0.3, 0.4) is 0 Å². The molecule has 0 N–H and O–H groups in total. The van der Waals surface area contributed by atoms with Crippen molar-refractivity contribution < 1.29 is 26.4 Å². The summed E-state index contributed by atoms with van der Waals surface area (Å²) in [7, 11) is -7.15. The highest BCUT2D eigenvalue weighted by molar-refractivity contribution is 7.95. The van der Waals surface area contributed by atoms with Gasteiger partial charge in [0.2, 0.25) is 0 Å². The third-order valence-corrected chi connectivity index (χ3v) is 6.29. The van der Waals surface area contributed by atoms with Gasteiger partial charge < -0.3 is 9.64 Å². The summed E-state index contributed by atoms with van der Waals surface area (Å²) in [5, 5.41) is -2.21. The maximum Gasteiger partial charge on any atom is 0.410 e. The molecule has 0 aromatic carbocycles. The molecule has 1 heterocycles. The lowest BCUT2D eigenvalue weighted by Crippen LogP contribution is -2.37. The van der Waals surface area contributed by atoms with Gasteiger partial charge in [0.25, 0.3) is 0 Å². The Labute approximate surface area is 120 Å². The van der Waals surface area contributed by atoms with Gasteiger partial charge in [0.1, 0.15) is 5.60 Å². The SMILES string of the molecule is CC(C)(C)OC(=O)N1CC(S(C)(=O)=O)C(S(C)(=O)=O)C1. The summed E-state index contributed by atoms with van der Waals surface area (Å²) in [4.78, 5) is 13.1. The lowest BCUT2D eigenvalue weighted by Gasteiger charge is -2.24. The van der Waals surface area contributed by atoms with E-state index in [-0.39, 0.29) is 13.1 Å². The van der Waals surface area contributed by atoms with Crippen LogP contribution in [-0.2, 0) is 24.4 Å². The molecule has 1 rings (SSSR count). The molecule has 0 bridgehead atoms. The smallest absolute Gasteiger partial charge is 0.410 e. The molecule has 2 atom stereocenters. The first-order valence-electron chi connectivity index (χ1n) is 6.07. The Morgan fingerprint density at radius 3 is 1.60 bits per heavy atom. The molecule has 0 aromatic rings. The monoisotopic (exact) mass is 327 g/mol. The fourth-order valence-electron chi connectivity index (χ4n) is 2.04. The number of hydrogen-bond acceptors (Lipinski definition) is 6. The van der Waals surface area contributed by atoms with E-state index in [2.05, 4.69) is 0 Å². The maximum absolute atomic E-state index is 11.9. The Bertz CT molecular complexity index is 547.